The van der Waals surface area contributed by atoms with Crippen LogP contribution < -0.4 is 11.1 Å². The molecule has 0 fully saturated rings. The Hall–Kier alpha value is -2.58. The fourth-order valence-electron chi connectivity index (χ4n) is 1.66. The number of alkyl halides is 3. The van der Waals surface area contributed by atoms with E-state index in [4.69, 9.17) is 5.73 Å². The van der Waals surface area contributed by atoms with Gasteiger partial charge in [-0.25, -0.2) is 9.98 Å². The fourth-order valence-corrected chi connectivity index (χ4v) is 1.66. The van der Waals surface area contributed by atoms with E-state index >= 15 is 0 Å². The molecule has 0 aliphatic rings. The van der Waals surface area contributed by atoms with Gasteiger partial charge in [-0.2, -0.15) is 13.2 Å². The molecular formula is C13H15F3N6. The minimum atomic E-state index is -4.58. The first kappa shape index (κ1) is 15.8. The molecule has 22 heavy (non-hydrogen) atoms. The van der Waals surface area contributed by atoms with Crippen LogP contribution in [0.15, 0.2) is 29.3 Å². The quantitative estimate of drug-likeness (QED) is 0.597. The maximum atomic E-state index is 12.3. The lowest BCUT2D eigenvalue weighted by Gasteiger charge is -2.05. The first-order chi connectivity index (χ1) is 10.4. The topological polar surface area (TPSA) is 92.0 Å². The first-order valence-corrected chi connectivity index (χ1v) is 6.53. The highest BCUT2D eigenvalue weighted by molar-refractivity contribution is 5.92. The second-order valence-electron chi connectivity index (χ2n) is 4.48. The van der Waals surface area contributed by atoms with Crippen LogP contribution >= 0.6 is 0 Å². The summed E-state index contributed by atoms with van der Waals surface area (Å²) in [7, 11) is 0. The molecule has 0 saturated carbocycles. The summed E-state index contributed by atoms with van der Waals surface area (Å²) in [6.45, 7) is 1.92. The Bertz CT molecular complexity index is 645. The lowest BCUT2D eigenvalue weighted by molar-refractivity contribution is -0.144. The van der Waals surface area contributed by atoms with Crippen LogP contribution in [0.25, 0.3) is 0 Å². The molecule has 0 bridgehead atoms. The molecule has 0 saturated heterocycles. The predicted octanol–water partition coefficient (Wildman–Crippen LogP) is 2.31. The molecular weight excluding hydrogens is 297 g/mol. The summed E-state index contributed by atoms with van der Waals surface area (Å²) in [5.74, 6) is -1.16. The summed E-state index contributed by atoms with van der Waals surface area (Å²) in [6, 6.07) is 7.58. The maximum Gasteiger partial charge on any atom is 0.453 e. The standard InChI is InChI=1S/C13H15F3N6/c1-2-8-3-5-9(6-4-8)19-12(17)18-7-10-20-11(22-21-10)13(14,15)16/h3-6H,2,7H2,1H3,(H3,17,18,19)(H,20,21,22). The third kappa shape index (κ3) is 4.21. The molecule has 1 aromatic carbocycles. The Balaban J connectivity index is 1.95. The summed E-state index contributed by atoms with van der Waals surface area (Å²) in [5, 5.41) is 8.10. The summed E-state index contributed by atoms with van der Waals surface area (Å²) >= 11 is 0. The number of aromatic nitrogens is 3. The molecule has 0 amide bonds. The SMILES string of the molecule is CCc1ccc(NC(N)=NCc2nc(C(F)(F)F)n[nH]2)cc1. The van der Waals surface area contributed by atoms with Crippen molar-refractivity contribution in [3.63, 3.8) is 0 Å². The number of hydrogen-bond acceptors (Lipinski definition) is 3. The van der Waals surface area contributed by atoms with Crippen molar-refractivity contribution in [3.8, 4) is 0 Å². The van der Waals surface area contributed by atoms with Crippen molar-refractivity contribution in [2.75, 3.05) is 5.32 Å². The molecule has 9 heteroatoms. The monoisotopic (exact) mass is 312 g/mol. The highest BCUT2D eigenvalue weighted by Gasteiger charge is 2.35. The number of anilines is 1. The average Bonchev–Trinajstić information content (AvgIpc) is 2.95. The number of hydrogen-bond donors (Lipinski definition) is 3. The number of nitrogens with two attached hydrogens (primary N) is 1. The molecule has 1 heterocycles. The zero-order valence-electron chi connectivity index (χ0n) is 11.8. The summed E-state index contributed by atoms with van der Waals surface area (Å²) in [5.41, 5.74) is 7.60. The third-order valence-corrected chi connectivity index (χ3v) is 2.82. The number of nitrogens with zero attached hydrogens (tertiary/aromatic N) is 3. The number of H-pyrrole nitrogens is 1. The van der Waals surface area contributed by atoms with Crippen LogP contribution in [0.5, 0.6) is 0 Å². The van der Waals surface area contributed by atoms with E-state index < -0.39 is 12.0 Å². The van der Waals surface area contributed by atoms with Gasteiger partial charge in [-0.1, -0.05) is 19.1 Å². The number of rotatable bonds is 4. The second-order valence-corrected chi connectivity index (χ2v) is 4.48. The van der Waals surface area contributed by atoms with Crippen LogP contribution in [0.2, 0.25) is 0 Å². The van der Waals surface area contributed by atoms with Crippen LogP contribution in [0.4, 0.5) is 18.9 Å². The van der Waals surface area contributed by atoms with E-state index in [9.17, 15) is 13.2 Å². The number of nitrogens with one attached hydrogen (secondary N) is 2. The molecule has 0 spiro atoms. The third-order valence-electron chi connectivity index (χ3n) is 2.82. The number of aromatic amines is 1. The van der Waals surface area contributed by atoms with Crippen molar-refractivity contribution in [2.45, 2.75) is 26.1 Å². The Kier molecular flexibility index (Phi) is 4.64. The van der Waals surface area contributed by atoms with Gasteiger partial charge in [0.05, 0.1) is 0 Å². The predicted molar refractivity (Wildman–Crippen MR) is 76.2 cm³/mol. The Labute approximate surface area is 124 Å². The van der Waals surface area contributed by atoms with Crippen molar-refractivity contribution in [3.05, 3.63) is 41.5 Å². The van der Waals surface area contributed by atoms with Gasteiger partial charge in [-0.15, -0.1) is 5.10 Å². The van der Waals surface area contributed by atoms with E-state index in [-0.39, 0.29) is 18.3 Å². The van der Waals surface area contributed by atoms with Crippen molar-refractivity contribution in [1.82, 2.24) is 15.2 Å². The van der Waals surface area contributed by atoms with Gasteiger partial charge in [0.1, 0.15) is 12.4 Å². The van der Waals surface area contributed by atoms with E-state index in [0.29, 0.717) is 0 Å². The summed E-state index contributed by atoms with van der Waals surface area (Å²) in [6.07, 6.45) is -3.65. The maximum absolute atomic E-state index is 12.3. The van der Waals surface area contributed by atoms with Gasteiger partial charge < -0.3 is 11.1 Å². The molecule has 4 N–H and O–H groups in total. The second kappa shape index (κ2) is 6.46. The van der Waals surface area contributed by atoms with Crippen molar-refractivity contribution in [2.24, 2.45) is 10.7 Å². The van der Waals surface area contributed by atoms with E-state index in [1.807, 2.05) is 31.2 Å². The Morgan fingerprint density at radius 2 is 2.00 bits per heavy atom. The van der Waals surface area contributed by atoms with Gasteiger partial charge >= 0.3 is 6.18 Å². The molecule has 118 valence electrons. The molecule has 2 rings (SSSR count). The van der Waals surface area contributed by atoms with Gasteiger partial charge in [-0.05, 0) is 24.1 Å². The summed E-state index contributed by atoms with van der Waals surface area (Å²) in [4.78, 5) is 7.21. The van der Waals surface area contributed by atoms with Crippen molar-refractivity contribution < 1.29 is 13.2 Å². The number of benzene rings is 1. The van der Waals surface area contributed by atoms with Crippen molar-refractivity contribution >= 4 is 11.6 Å². The van der Waals surface area contributed by atoms with E-state index in [1.165, 1.54) is 5.56 Å². The molecule has 0 aliphatic heterocycles. The lowest BCUT2D eigenvalue weighted by atomic mass is 10.1. The molecule has 0 unspecified atom stereocenters. The molecule has 0 atom stereocenters. The normalized spacial score (nSPS) is 12.5. The van der Waals surface area contributed by atoms with Gasteiger partial charge in [0.25, 0.3) is 5.82 Å². The fraction of sp³-hybridized carbons (Fsp3) is 0.308. The van der Waals surface area contributed by atoms with Crippen LogP contribution in [0.3, 0.4) is 0 Å². The first-order valence-electron chi connectivity index (χ1n) is 6.53. The van der Waals surface area contributed by atoms with Gasteiger partial charge in [0.15, 0.2) is 5.96 Å². The number of guanidine groups is 1. The zero-order chi connectivity index (χ0) is 16.2. The minimum Gasteiger partial charge on any atom is -0.370 e. The molecule has 2 aromatic rings. The van der Waals surface area contributed by atoms with Gasteiger partial charge in [0.2, 0.25) is 0 Å². The van der Waals surface area contributed by atoms with Crippen LogP contribution in [-0.2, 0) is 19.1 Å². The number of halogens is 3. The van der Waals surface area contributed by atoms with Gasteiger partial charge in [-0.3, -0.25) is 5.10 Å². The van der Waals surface area contributed by atoms with E-state index in [0.717, 1.165) is 12.1 Å². The minimum absolute atomic E-state index is 0.0154. The largest absolute Gasteiger partial charge is 0.453 e. The van der Waals surface area contributed by atoms with E-state index in [2.05, 4.69) is 25.5 Å². The summed E-state index contributed by atoms with van der Waals surface area (Å²) < 4.78 is 37.0. The van der Waals surface area contributed by atoms with Gasteiger partial charge in [0, 0.05) is 5.69 Å². The number of aliphatic imine (C=N–C) groups is 1. The molecule has 0 aliphatic carbocycles. The van der Waals surface area contributed by atoms with Crippen LogP contribution in [-0.4, -0.2) is 21.1 Å². The highest BCUT2D eigenvalue weighted by Crippen LogP contribution is 2.25. The molecule has 1 aromatic heterocycles. The average molecular weight is 312 g/mol. The lowest BCUT2D eigenvalue weighted by Crippen LogP contribution is -2.22. The highest BCUT2D eigenvalue weighted by atomic mass is 19.4. The van der Waals surface area contributed by atoms with E-state index in [1.54, 1.807) is 0 Å². The van der Waals surface area contributed by atoms with Crippen LogP contribution in [0, 0.1) is 0 Å². The smallest absolute Gasteiger partial charge is 0.370 e. The number of aryl methyl sites for hydroxylation is 1. The zero-order valence-corrected chi connectivity index (χ0v) is 11.8. The Morgan fingerprint density at radius 3 is 2.55 bits per heavy atom. The molecule has 0 radical (unpaired) electrons. The van der Waals surface area contributed by atoms with Crippen LogP contribution in [0.1, 0.15) is 24.1 Å². The Morgan fingerprint density at radius 1 is 1.32 bits per heavy atom. The molecule has 6 nitrogen and oxygen atoms in total. The van der Waals surface area contributed by atoms with Crippen molar-refractivity contribution in [1.29, 1.82) is 0 Å².